The lowest BCUT2D eigenvalue weighted by Crippen LogP contribution is -2.30. The van der Waals surface area contributed by atoms with Crippen LogP contribution in [0.3, 0.4) is 0 Å². The fourth-order valence-electron chi connectivity index (χ4n) is 3.35. The number of nitrogens with one attached hydrogen (secondary N) is 2. The van der Waals surface area contributed by atoms with Gasteiger partial charge in [-0.1, -0.05) is 31.2 Å². The molecule has 3 amide bonds. The van der Waals surface area contributed by atoms with E-state index in [1.54, 1.807) is 24.3 Å². The van der Waals surface area contributed by atoms with Crippen molar-refractivity contribution < 1.29 is 18.4 Å². The van der Waals surface area contributed by atoms with E-state index < -0.39 is 23.6 Å². The Balaban J connectivity index is 1.67. The van der Waals surface area contributed by atoms with E-state index in [9.17, 15) is 23.2 Å². The molecule has 0 unspecified atom stereocenters. The fourth-order valence-corrected chi connectivity index (χ4v) is 3.35. The number of para-hydroxylation sites is 1. The van der Waals surface area contributed by atoms with Crippen LogP contribution in [0.1, 0.15) is 23.7 Å². The van der Waals surface area contributed by atoms with Crippen LogP contribution in [0.2, 0.25) is 0 Å². The Morgan fingerprint density at radius 2 is 1.77 bits per heavy atom. The lowest BCUT2D eigenvalue weighted by atomic mass is 10.1. The molecule has 1 fully saturated rings. The number of carbonyl (C=O) groups excluding carboxylic acids is 2. The number of rotatable bonds is 5. The van der Waals surface area contributed by atoms with Gasteiger partial charge in [0.15, 0.2) is 0 Å². The van der Waals surface area contributed by atoms with Crippen LogP contribution in [0.15, 0.2) is 59.0 Å². The third-order valence-electron chi connectivity index (χ3n) is 4.97. The maximum absolute atomic E-state index is 13.9. The predicted octanol–water partition coefficient (Wildman–Crippen LogP) is 3.10. The molecule has 1 saturated heterocycles. The SMILES string of the molecule is CCc1[nH]n(-c2ccccc2)c(=O)c1/C=C1\NC(=O)N(Cc2ccc(F)cc2F)C1=O. The Hall–Kier alpha value is -4.01. The molecule has 1 aromatic heterocycles. The number of hydrogen-bond donors (Lipinski definition) is 2. The number of hydrogen-bond acceptors (Lipinski definition) is 3. The lowest BCUT2D eigenvalue weighted by molar-refractivity contribution is -0.123. The van der Waals surface area contributed by atoms with Crippen molar-refractivity contribution >= 4 is 18.0 Å². The molecule has 1 aliphatic rings. The van der Waals surface area contributed by atoms with Gasteiger partial charge < -0.3 is 5.32 Å². The topological polar surface area (TPSA) is 87.2 Å². The smallest absolute Gasteiger partial charge is 0.303 e. The second-order valence-electron chi connectivity index (χ2n) is 6.95. The second-order valence-corrected chi connectivity index (χ2v) is 6.95. The molecular weight excluding hydrogens is 406 g/mol. The standard InChI is InChI=1S/C22H18F2N4O3/c1-2-18-16(20(29)28(26-18)15-6-4-3-5-7-15)11-19-21(30)27(22(31)25-19)12-13-8-9-14(23)10-17(13)24/h3-11,26H,2,12H2,1H3,(H,25,31)/b19-11-. The molecule has 2 aromatic carbocycles. The molecule has 2 N–H and O–H groups in total. The summed E-state index contributed by atoms with van der Waals surface area (Å²) in [4.78, 5) is 38.8. The van der Waals surface area contributed by atoms with E-state index in [0.717, 1.165) is 11.0 Å². The summed E-state index contributed by atoms with van der Waals surface area (Å²) in [7, 11) is 0. The summed E-state index contributed by atoms with van der Waals surface area (Å²) in [5.74, 6) is -2.32. The van der Waals surface area contributed by atoms with Crippen LogP contribution >= 0.6 is 0 Å². The summed E-state index contributed by atoms with van der Waals surface area (Å²) in [5, 5.41) is 5.44. The van der Waals surface area contributed by atoms with Crippen LogP contribution in [-0.4, -0.2) is 26.6 Å². The minimum Gasteiger partial charge on any atom is -0.303 e. The molecule has 2 heterocycles. The van der Waals surface area contributed by atoms with Gasteiger partial charge in [-0.15, -0.1) is 0 Å². The highest BCUT2D eigenvalue weighted by atomic mass is 19.1. The number of amides is 3. The van der Waals surface area contributed by atoms with Crippen LogP contribution in [-0.2, 0) is 17.8 Å². The molecule has 158 valence electrons. The monoisotopic (exact) mass is 424 g/mol. The quantitative estimate of drug-likeness (QED) is 0.487. The Morgan fingerprint density at radius 3 is 2.45 bits per heavy atom. The van der Waals surface area contributed by atoms with Gasteiger partial charge in [0, 0.05) is 17.3 Å². The van der Waals surface area contributed by atoms with Crippen LogP contribution in [0, 0.1) is 11.6 Å². The summed E-state index contributed by atoms with van der Waals surface area (Å²) >= 11 is 0. The third-order valence-corrected chi connectivity index (χ3v) is 4.97. The molecule has 0 aliphatic carbocycles. The third kappa shape index (κ3) is 3.77. The summed E-state index contributed by atoms with van der Waals surface area (Å²) in [6.07, 6.45) is 1.80. The van der Waals surface area contributed by atoms with Crippen LogP contribution in [0.25, 0.3) is 11.8 Å². The van der Waals surface area contributed by atoms with Gasteiger partial charge >= 0.3 is 6.03 Å². The van der Waals surface area contributed by atoms with Crippen molar-refractivity contribution in [2.45, 2.75) is 19.9 Å². The Bertz CT molecular complexity index is 1260. The van der Waals surface area contributed by atoms with Crippen molar-refractivity contribution in [2.24, 2.45) is 0 Å². The fraction of sp³-hybridized carbons (Fsp3) is 0.136. The molecular formula is C22H18F2N4O3. The first-order chi connectivity index (χ1) is 14.9. The largest absolute Gasteiger partial charge is 0.329 e. The molecule has 0 bridgehead atoms. The molecule has 0 saturated carbocycles. The second kappa shape index (κ2) is 8.02. The molecule has 4 rings (SSSR count). The minimum atomic E-state index is -0.859. The van der Waals surface area contributed by atoms with E-state index >= 15 is 0 Å². The molecule has 1 aliphatic heterocycles. The Labute approximate surface area is 175 Å². The molecule has 0 atom stereocenters. The number of urea groups is 1. The number of aryl methyl sites for hydroxylation is 1. The highest BCUT2D eigenvalue weighted by Crippen LogP contribution is 2.19. The van der Waals surface area contributed by atoms with Crippen LogP contribution in [0.4, 0.5) is 13.6 Å². The number of halogens is 2. The van der Waals surface area contributed by atoms with E-state index in [1.807, 2.05) is 13.0 Å². The van der Waals surface area contributed by atoms with Gasteiger partial charge in [0.1, 0.15) is 17.3 Å². The Kier molecular flexibility index (Phi) is 5.24. The number of aromatic nitrogens is 2. The van der Waals surface area contributed by atoms with Crippen molar-refractivity contribution in [1.82, 2.24) is 20.0 Å². The van der Waals surface area contributed by atoms with Crippen molar-refractivity contribution in [1.29, 1.82) is 0 Å². The first-order valence-electron chi connectivity index (χ1n) is 9.56. The molecule has 3 aromatic rings. The van der Waals surface area contributed by atoms with Gasteiger partial charge in [-0.2, -0.15) is 0 Å². The van der Waals surface area contributed by atoms with Crippen molar-refractivity contribution in [2.75, 3.05) is 0 Å². The highest BCUT2D eigenvalue weighted by Gasteiger charge is 2.34. The van der Waals surface area contributed by atoms with Gasteiger partial charge in [-0.3, -0.25) is 19.6 Å². The average molecular weight is 424 g/mol. The maximum Gasteiger partial charge on any atom is 0.329 e. The van der Waals surface area contributed by atoms with Gasteiger partial charge in [-0.25, -0.2) is 18.3 Å². The predicted molar refractivity (Wildman–Crippen MR) is 109 cm³/mol. The number of imide groups is 1. The zero-order valence-corrected chi connectivity index (χ0v) is 16.5. The van der Waals surface area contributed by atoms with E-state index in [-0.39, 0.29) is 28.9 Å². The number of H-pyrrole nitrogens is 1. The van der Waals surface area contributed by atoms with Crippen molar-refractivity contribution in [3.8, 4) is 5.69 Å². The first-order valence-corrected chi connectivity index (χ1v) is 9.56. The number of aromatic amines is 1. The lowest BCUT2D eigenvalue weighted by Gasteiger charge is -2.12. The number of nitrogens with zero attached hydrogens (tertiary/aromatic N) is 2. The summed E-state index contributed by atoms with van der Waals surface area (Å²) in [5.41, 5.74) is 0.978. The van der Waals surface area contributed by atoms with E-state index in [0.29, 0.717) is 23.9 Å². The van der Waals surface area contributed by atoms with E-state index in [1.165, 1.54) is 16.8 Å². The highest BCUT2D eigenvalue weighted by molar-refractivity contribution is 6.13. The molecule has 7 nitrogen and oxygen atoms in total. The van der Waals surface area contributed by atoms with Crippen molar-refractivity contribution in [3.63, 3.8) is 0 Å². The summed E-state index contributed by atoms with van der Waals surface area (Å²) in [6, 6.07) is 11.1. The number of carbonyl (C=O) groups is 2. The van der Waals surface area contributed by atoms with Crippen molar-refractivity contribution in [3.05, 3.63) is 93.0 Å². The molecule has 0 spiro atoms. The van der Waals surface area contributed by atoms with Gasteiger partial charge in [0.25, 0.3) is 11.5 Å². The van der Waals surface area contributed by atoms with Gasteiger partial charge in [0.05, 0.1) is 17.8 Å². The molecule has 0 radical (unpaired) electrons. The normalized spacial score (nSPS) is 15.1. The zero-order valence-electron chi connectivity index (χ0n) is 16.5. The van der Waals surface area contributed by atoms with E-state index in [4.69, 9.17) is 0 Å². The zero-order chi connectivity index (χ0) is 22.1. The van der Waals surface area contributed by atoms with E-state index in [2.05, 4.69) is 10.4 Å². The first kappa shape index (κ1) is 20.3. The Morgan fingerprint density at radius 1 is 1.03 bits per heavy atom. The average Bonchev–Trinajstić information content (AvgIpc) is 3.21. The molecule has 31 heavy (non-hydrogen) atoms. The van der Waals surface area contributed by atoms with Gasteiger partial charge in [-0.05, 0) is 30.7 Å². The number of benzene rings is 2. The van der Waals surface area contributed by atoms with Crippen LogP contribution < -0.4 is 10.9 Å². The minimum absolute atomic E-state index is 0.00604. The maximum atomic E-state index is 13.9. The molecule has 9 heteroatoms. The summed E-state index contributed by atoms with van der Waals surface area (Å²) in [6.45, 7) is 1.48. The van der Waals surface area contributed by atoms with Gasteiger partial charge in [0.2, 0.25) is 0 Å². The van der Waals surface area contributed by atoms with Crippen LogP contribution in [0.5, 0.6) is 0 Å². The summed E-state index contributed by atoms with van der Waals surface area (Å²) < 4.78 is 28.4.